The molecule has 0 atom stereocenters. The molecule has 2 heterocycles. The van der Waals surface area contributed by atoms with Crippen LogP contribution in [-0.4, -0.2) is 74.5 Å². The lowest BCUT2D eigenvalue weighted by molar-refractivity contribution is -0.0909. The number of halogens is 3. The number of benzene rings is 4. The first-order valence-corrected chi connectivity index (χ1v) is 28.3. The van der Waals surface area contributed by atoms with Gasteiger partial charge in [-0.25, -0.2) is 45.8 Å². The fraction of sp³-hybridized carbons (Fsp3) is 0.370. The van der Waals surface area contributed by atoms with Crippen LogP contribution in [0.2, 0.25) is 0 Å². The Balaban J connectivity index is 0.000000357. The number of aromatic nitrogens is 2. The maximum Gasteiger partial charge on any atom is 0.411 e. The van der Waals surface area contributed by atoms with Gasteiger partial charge < -0.3 is 20.5 Å². The van der Waals surface area contributed by atoms with E-state index in [1.807, 2.05) is 71.0 Å². The van der Waals surface area contributed by atoms with Crippen LogP contribution in [0, 0.1) is 0 Å². The molecule has 0 radical (unpaired) electrons. The molecule has 6 rings (SSSR count). The van der Waals surface area contributed by atoms with Gasteiger partial charge in [-0.1, -0.05) is 26.1 Å². The standard InChI is InChI=1S/C26H34N4O4S2.C23H28N4O4S2.C4H5F3.CH4/c1-16(2)28-20-12-13-21(23(14-20)36(32,33)30-26(5,6)7)22-15-27-24(35-22)18-8-10-19(11-9-18)29-25(31)34-17(3)4;1-14(2)31-22(28)26-17-9-6-15(7-10-17)21-25-13-19(32-21)18-11-8-16(24)12-20(18)33(29,30)27-23(3,4)5;1-3(2)4(5,6)7;/h8-17,28,30H,1-7H3,(H,29,31);6-14,27H,24H2,1-5H3,(H,26,28);1H2,2H3;1H4. The third-order valence-corrected chi connectivity index (χ3v) is 15.1. The van der Waals surface area contributed by atoms with Crippen LogP contribution in [0.3, 0.4) is 0 Å². The van der Waals surface area contributed by atoms with E-state index >= 15 is 0 Å². The minimum Gasteiger partial charge on any atom is -0.447 e. The summed E-state index contributed by atoms with van der Waals surface area (Å²) in [4.78, 5) is 34.3. The van der Waals surface area contributed by atoms with Crippen molar-refractivity contribution in [3.8, 4) is 42.0 Å². The van der Waals surface area contributed by atoms with Gasteiger partial charge >= 0.3 is 18.4 Å². The first-order chi connectivity index (χ1) is 35.0. The number of nitrogens with one attached hydrogen (secondary N) is 5. The number of nitrogen functional groups attached to an aromatic ring is 1. The lowest BCUT2D eigenvalue weighted by Gasteiger charge is -2.22. The van der Waals surface area contributed by atoms with Crippen LogP contribution in [0.4, 0.5) is 45.5 Å². The third kappa shape index (κ3) is 20.8. The molecule has 0 saturated carbocycles. The summed E-state index contributed by atoms with van der Waals surface area (Å²) >= 11 is 2.76. The second kappa shape index (κ2) is 26.8. The quantitative estimate of drug-likeness (QED) is 0.0442. The van der Waals surface area contributed by atoms with E-state index in [0.29, 0.717) is 38.1 Å². The van der Waals surface area contributed by atoms with Crippen molar-refractivity contribution in [3.05, 3.63) is 109 Å². The largest absolute Gasteiger partial charge is 0.447 e. The minimum absolute atomic E-state index is 0. The summed E-state index contributed by atoms with van der Waals surface area (Å²) in [5.74, 6) is 0. The number of amides is 2. The van der Waals surface area contributed by atoms with Crippen molar-refractivity contribution in [1.29, 1.82) is 0 Å². The Morgan fingerprint density at radius 2 is 0.961 bits per heavy atom. The fourth-order valence-corrected chi connectivity index (χ4v) is 11.8. The van der Waals surface area contributed by atoms with Gasteiger partial charge in [0.2, 0.25) is 20.0 Å². The lowest BCUT2D eigenvalue weighted by Crippen LogP contribution is -2.40. The lowest BCUT2D eigenvalue weighted by atomic mass is 10.1. The molecule has 0 bridgehead atoms. The van der Waals surface area contributed by atoms with Gasteiger partial charge in [-0.05, 0) is 163 Å². The maximum absolute atomic E-state index is 13.3. The number of hydrogen-bond donors (Lipinski definition) is 6. The van der Waals surface area contributed by atoms with Gasteiger partial charge in [0.05, 0.1) is 31.8 Å². The van der Waals surface area contributed by atoms with E-state index in [1.165, 1.54) is 28.7 Å². The van der Waals surface area contributed by atoms with Gasteiger partial charge in [-0.2, -0.15) is 13.2 Å². The smallest absolute Gasteiger partial charge is 0.411 e. The molecule has 16 nitrogen and oxygen atoms in total. The summed E-state index contributed by atoms with van der Waals surface area (Å²) in [6, 6.07) is 24.7. The molecule has 7 N–H and O–H groups in total. The van der Waals surface area contributed by atoms with E-state index in [-0.39, 0.29) is 35.5 Å². The molecule has 6 aromatic rings. The Hall–Kier alpha value is -6.37. The SMILES string of the molecule is C.C=C(C)C(F)(F)F.CC(C)Nc1ccc(-c2cnc(-c3ccc(NC(=O)OC(C)C)cc3)s2)c(S(=O)(=O)NC(C)(C)C)c1.CC(C)OC(=O)Nc1ccc(-c2ncc(-c3ccc(N)cc3S(=O)(=O)NC(C)(C)C)s2)cc1. The normalized spacial score (nSPS) is 11.9. The molecule has 0 aliphatic rings. The van der Waals surface area contributed by atoms with Crippen molar-refractivity contribution in [2.45, 2.75) is 143 Å². The number of ether oxygens (including phenoxy) is 2. The highest BCUT2D eigenvalue weighted by Gasteiger charge is 2.29. The molecule has 2 amide bonds. The second-order valence-corrected chi connectivity index (χ2v) is 25.5. The number of thiazole rings is 2. The predicted molar refractivity (Wildman–Crippen MR) is 307 cm³/mol. The number of rotatable bonds is 14. The number of allylic oxidation sites excluding steroid dienone is 1. The highest BCUT2D eigenvalue weighted by molar-refractivity contribution is 7.90. The zero-order valence-electron chi connectivity index (χ0n) is 44.7. The van der Waals surface area contributed by atoms with E-state index in [4.69, 9.17) is 15.2 Å². The van der Waals surface area contributed by atoms with Crippen molar-refractivity contribution in [3.63, 3.8) is 0 Å². The molecule has 0 spiro atoms. The average molecular weight is 1150 g/mol. The number of nitrogens with zero attached hydrogens (tertiary/aromatic N) is 2. The molecular formula is C54H71F3N8O8S4. The van der Waals surface area contributed by atoms with E-state index in [2.05, 4.69) is 41.9 Å². The van der Waals surface area contributed by atoms with Crippen LogP contribution < -0.4 is 31.1 Å². The number of nitrogens with two attached hydrogens (primary N) is 1. The van der Waals surface area contributed by atoms with Gasteiger partial charge in [0.15, 0.2) is 0 Å². The molecule has 77 heavy (non-hydrogen) atoms. The number of carbonyl (C=O) groups excluding carboxylic acids is 2. The van der Waals surface area contributed by atoms with Crippen molar-refractivity contribution < 1.29 is 49.1 Å². The molecule has 4 aromatic carbocycles. The van der Waals surface area contributed by atoms with Crippen molar-refractivity contribution >= 4 is 77.7 Å². The summed E-state index contributed by atoms with van der Waals surface area (Å²) in [5.41, 5.74) is 8.95. The zero-order valence-corrected chi connectivity index (χ0v) is 47.9. The fourth-order valence-electron chi connectivity index (χ4n) is 6.43. The number of anilines is 4. The summed E-state index contributed by atoms with van der Waals surface area (Å²) < 4.78 is 102. The first kappa shape index (κ1) is 64.9. The highest BCUT2D eigenvalue weighted by atomic mass is 32.2. The monoisotopic (exact) mass is 1140 g/mol. The van der Waals surface area contributed by atoms with Crippen molar-refractivity contribution in [2.24, 2.45) is 0 Å². The molecule has 23 heteroatoms. The van der Waals surface area contributed by atoms with Gasteiger partial charge in [-0.3, -0.25) is 10.6 Å². The Morgan fingerprint density at radius 1 is 0.610 bits per heavy atom. The van der Waals surface area contributed by atoms with E-state index in [0.717, 1.165) is 33.6 Å². The second-order valence-electron chi connectivity index (χ2n) is 20.1. The van der Waals surface area contributed by atoms with Gasteiger partial charge in [-0.15, -0.1) is 22.7 Å². The Labute approximate surface area is 459 Å². The summed E-state index contributed by atoms with van der Waals surface area (Å²) in [7, 11) is -7.60. The van der Waals surface area contributed by atoms with Crippen LogP contribution in [0.5, 0.6) is 0 Å². The molecule has 2 aromatic heterocycles. The molecular weight excluding hydrogens is 1070 g/mol. The van der Waals surface area contributed by atoms with Gasteiger partial charge in [0.25, 0.3) is 0 Å². The Kier molecular flexibility index (Phi) is 22.6. The summed E-state index contributed by atoms with van der Waals surface area (Å²) in [6.07, 6.45) is -2.31. The minimum atomic E-state index is -4.19. The van der Waals surface area contributed by atoms with Crippen molar-refractivity contribution in [1.82, 2.24) is 19.4 Å². The Morgan fingerprint density at radius 3 is 1.30 bits per heavy atom. The number of alkyl halides is 3. The highest BCUT2D eigenvalue weighted by Crippen LogP contribution is 2.39. The number of hydrogen-bond acceptors (Lipinski definition) is 14. The number of carbonyl (C=O) groups is 2. The van der Waals surface area contributed by atoms with Gasteiger partial charge in [0, 0.05) is 80.1 Å². The summed E-state index contributed by atoms with van der Waals surface area (Å²) in [5, 5.41) is 10.1. The van der Waals surface area contributed by atoms with Crippen LogP contribution in [0.1, 0.15) is 97.4 Å². The predicted octanol–water partition coefficient (Wildman–Crippen LogP) is 14.2. The van der Waals surface area contributed by atoms with E-state index < -0.39 is 55.1 Å². The Bertz CT molecular complexity index is 3180. The first-order valence-electron chi connectivity index (χ1n) is 23.7. The zero-order chi connectivity index (χ0) is 57.1. The molecule has 420 valence electrons. The maximum atomic E-state index is 13.3. The van der Waals surface area contributed by atoms with Crippen LogP contribution in [0.25, 0.3) is 42.0 Å². The molecule has 0 fully saturated rings. The topological polar surface area (TPSA) is 233 Å². The molecule has 0 saturated heterocycles. The summed E-state index contributed by atoms with van der Waals surface area (Å²) in [6.45, 7) is 25.5. The molecule has 0 aliphatic carbocycles. The van der Waals surface area contributed by atoms with Gasteiger partial charge in [0.1, 0.15) is 10.0 Å². The van der Waals surface area contributed by atoms with Crippen LogP contribution in [0.15, 0.2) is 119 Å². The number of sulfonamides is 2. The van der Waals surface area contributed by atoms with Crippen molar-refractivity contribution in [2.75, 3.05) is 21.7 Å². The average Bonchev–Trinajstić information content (AvgIpc) is 3.96. The molecule has 0 aliphatic heterocycles. The van der Waals surface area contributed by atoms with Crippen LogP contribution >= 0.6 is 22.7 Å². The van der Waals surface area contributed by atoms with Crippen LogP contribution in [-0.2, 0) is 29.5 Å². The third-order valence-electron chi connectivity index (χ3n) is 9.37. The van der Waals surface area contributed by atoms with E-state index in [9.17, 15) is 39.6 Å². The molecule has 0 unspecified atom stereocenters. The van der Waals surface area contributed by atoms with E-state index in [1.54, 1.807) is 103 Å².